The average molecular weight is 737 g/mol. The molecule has 0 radical (unpaired) electrons. The van der Waals surface area contributed by atoms with E-state index in [0.29, 0.717) is 16.7 Å². The lowest BCUT2D eigenvalue weighted by atomic mass is 9.84. The zero-order valence-corrected chi connectivity index (χ0v) is 27.4. The number of quaternary nitrogens is 1. The van der Waals surface area contributed by atoms with Gasteiger partial charge in [0.05, 0.1) is 36.4 Å². The highest BCUT2D eigenvalue weighted by Gasteiger charge is 2.58. The van der Waals surface area contributed by atoms with E-state index in [1.807, 2.05) is 28.9 Å². The molecule has 0 saturated carbocycles. The molecule has 49 heavy (non-hydrogen) atoms. The smallest absolute Gasteiger partial charge is 0.430 e. The quantitative estimate of drug-likeness (QED) is 0.0591. The summed E-state index contributed by atoms with van der Waals surface area (Å²) < 4.78 is 74.6. The molecule has 23 heteroatoms. The minimum Gasteiger partial charge on any atom is -0.542 e. The number of thiazole rings is 1. The van der Waals surface area contributed by atoms with E-state index in [1.54, 1.807) is 0 Å². The number of alkyl halides is 3. The van der Waals surface area contributed by atoms with Crippen LogP contribution in [0, 0.1) is 0 Å². The largest absolute Gasteiger partial charge is 0.542 e. The number of nitrogens with zero attached hydrogens (tertiary/aromatic N) is 5. The second kappa shape index (κ2) is 14.9. The second-order valence-corrected chi connectivity index (χ2v) is 13.0. The Morgan fingerprint density at radius 3 is 2.55 bits per heavy atom. The molecule has 0 aliphatic carbocycles. The van der Waals surface area contributed by atoms with E-state index in [4.69, 9.17) is 34.7 Å². The minimum atomic E-state index is -5.19. The van der Waals surface area contributed by atoms with Crippen molar-refractivity contribution in [1.82, 2.24) is 24.7 Å². The van der Waals surface area contributed by atoms with Crippen LogP contribution in [0.25, 0.3) is 5.65 Å². The number of halogens is 3. The van der Waals surface area contributed by atoms with Gasteiger partial charge in [0.25, 0.3) is 11.8 Å². The van der Waals surface area contributed by atoms with Crippen LogP contribution in [0.2, 0.25) is 0 Å². The number of amides is 2. The number of imidazole rings is 1. The summed E-state index contributed by atoms with van der Waals surface area (Å²) in [6, 6.07) is 2.50. The SMILES string of the molecule is CC1(C)[C@H](NC(=O)/C(=N\OCCOc2ccc3nc(C4CCC[NH2+]C4)cn3c2)c2csc(N)n2)C(=O)N1OS(=O)(=O)O.O=C([O-])C(F)(F)F. The van der Waals surface area contributed by atoms with Crippen molar-refractivity contribution in [2.45, 2.75) is 50.4 Å². The number of aromatic nitrogens is 3. The number of ether oxygens (including phenoxy) is 1. The number of oxime groups is 1. The Bertz CT molecular complexity index is 1820. The Hall–Kier alpha value is -4.58. The summed E-state index contributed by atoms with van der Waals surface area (Å²) in [7, 11) is -4.94. The van der Waals surface area contributed by atoms with Crippen LogP contribution in [0.5, 0.6) is 5.75 Å². The monoisotopic (exact) mass is 736 g/mol. The average Bonchev–Trinajstić information content (AvgIpc) is 3.66. The number of aliphatic carboxylic acids is 1. The Balaban J connectivity index is 0.000000698. The van der Waals surface area contributed by atoms with Gasteiger partial charge in [-0.15, -0.1) is 15.6 Å². The van der Waals surface area contributed by atoms with Gasteiger partial charge >= 0.3 is 16.6 Å². The standard InChI is InChI=1S/C24H30N8O8S2.C2HF3O2/c1-24(2)20(22(34)32(24)40-42(35,36)37)29-21(33)19(17-13-41-23(25)28-17)30-39-9-8-38-15-5-6-18-27-16(12-31(18)11-15)14-4-3-7-26-10-14;3-2(4,5)1(6)7/h5-6,11-14,20,26H,3-4,7-10H2,1-2H3,(H2,25,28)(H,29,33)(H,35,36,37);(H,6,7)/b30-19-;/t14?,20-;/m1./s1. The maximum Gasteiger partial charge on any atom is 0.430 e. The lowest BCUT2D eigenvalue weighted by molar-refractivity contribution is -0.664. The maximum atomic E-state index is 13.1. The number of nitrogens with one attached hydrogen (secondary N) is 1. The molecule has 2 fully saturated rings. The van der Waals surface area contributed by atoms with Crippen molar-refractivity contribution in [3.05, 3.63) is 41.3 Å². The summed E-state index contributed by atoms with van der Waals surface area (Å²) in [4.78, 5) is 48.5. The number of carbonyl (C=O) groups excluding carboxylic acids is 3. The van der Waals surface area contributed by atoms with Crippen molar-refractivity contribution >= 4 is 56.0 Å². The number of hydrogen-bond donors (Lipinski definition) is 4. The van der Waals surface area contributed by atoms with E-state index in [9.17, 15) is 31.2 Å². The molecule has 2 aliphatic heterocycles. The zero-order chi connectivity index (χ0) is 36.1. The van der Waals surface area contributed by atoms with Crippen LogP contribution >= 0.6 is 11.3 Å². The second-order valence-electron chi connectivity index (χ2n) is 11.1. The molecule has 2 amide bonds. The molecule has 18 nitrogen and oxygen atoms in total. The number of piperidine rings is 1. The molecule has 3 aromatic heterocycles. The zero-order valence-electron chi connectivity index (χ0n) is 25.7. The fraction of sp³-hybridized carbons (Fsp3) is 0.462. The third-order valence-corrected chi connectivity index (χ3v) is 8.22. The van der Waals surface area contributed by atoms with E-state index in [2.05, 4.69) is 25.1 Å². The van der Waals surface area contributed by atoms with E-state index in [0.717, 1.165) is 42.2 Å². The van der Waals surface area contributed by atoms with E-state index in [-0.39, 0.29) is 29.8 Å². The molecular weight excluding hydrogens is 705 g/mol. The summed E-state index contributed by atoms with van der Waals surface area (Å²) in [5, 5.41) is 19.6. The van der Waals surface area contributed by atoms with Gasteiger partial charge in [-0.2, -0.15) is 26.7 Å². The summed E-state index contributed by atoms with van der Waals surface area (Å²) in [6.07, 6.45) is 0.977. The molecule has 3 aromatic rings. The number of anilines is 1. The molecule has 6 N–H and O–H groups in total. The number of β-lactam (4-membered cyclic amide) rings is 1. The fourth-order valence-corrected chi connectivity index (χ4v) is 5.82. The van der Waals surface area contributed by atoms with Crippen LogP contribution in [0.3, 0.4) is 0 Å². The van der Waals surface area contributed by atoms with Crippen LogP contribution in [0.15, 0.2) is 35.1 Å². The number of nitrogen functional groups attached to an aromatic ring is 1. The van der Waals surface area contributed by atoms with Crippen LogP contribution < -0.4 is 26.2 Å². The maximum absolute atomic E-state index is 13.1. The molecule has 5 rings (SSSR count). The van der Waals surface area contributed by atoms with Gasteiger partial charge in [0, 0.05) is 11.6 Å². The van der Waals surface area contributed by atoms with Crippen molar-refractivity contribution < 1.29 is 64.8 Å². The van der Waals surface area contributed by atoms with Crippen molar-refractivity contribution in [2.24, 2.45) is 5.16 Å². The van der Waals surface area contributed by atoms with Gasteiger partial charge in [-0.1, -0.05) is 5.16 Å². The van der Waals surface area contributed by atoms with E-state index in [1.165, 1.54) is 25.6 Å². The highest BCUT2D eigenvalue weighted by molar-refractivity contribution is 7.80. The number of pyridine rings is 1. The number of carbonyl (C=O) groups is 3. The summed E-state index contributed by atoms with van der Waals surface area (Å²) >= 11 is 1.08. The lowest BCUT2D eigenvalue weighted by Crippen LogP contribution is -2.86. The van der Waals surface area contributed by atoms with Gasteiger partial charge in [-0.05, 0) is 38.8 Å². The molecule has 268 valence electrons. The van der Waals surface area contributed by atoms with Gasteiger partial charge in [-0.3, -0.25) is 14.1 Å². The Morgan fingerprint density at radius 2 is 1.98 bits per heavy atom. The lowest BCUT2D eigenvalue weighted by Gasteiger charge is -2.50. The van der Waals surface area contributed by atoms with Gasteiger partial charge < -0.3 is 40.2 Å². The van der Waals surface area contributed by atoms with Crippen molar-refractivity contribution in [1.29, 1.82) is 0 Å². The predicted molar refractivity (Wildman–Crippen MR) is 160 cm³/mol. The van der Waals surface area contributed by atoms with Crippen LogP contribution in [-0.2, 0) is 33.9 Å². The number of carboxylic acid groups (broad SMARTS) is 1. The van der Waals surface area contributed by atoms with Gasteiger partial charge in [0.2, 0.25) is 0 Å². The first kappa shape index (κ1) is 37.2. The highest BCUT2D eigenvalue weighted by atomic mass is 32.3. The van der Waals surface area contributed by atoms with E-state index >= 15 is 0 Å². The molecule has 2 aliphatic rings. The number of nitrogens with two attached hydrogens (primary N) is 2. The third kappa shape index (κ3) is 9.53. The molecule has 2 saturated heterocycles. The Morgan fingerprint density at radius 1 is 1.27 bits per heavy atom. The number of fused-ring (bicyclic) bond motifs is 1. The van der Waals surface area contributed by atoms with E-state index < -0.39 is 45.9 Å². The Kier molecular flexibility index (Phi) is 11.3. The minimum absolute atomic E-state index is 0.0225. The molecule has 0 aromatic carbocycles. The van der Waals surface area contributed by atoms with Gasteiger partial charge in [-0.25, -0.2) is 9.97 Å². The summed E-state index contributed by atoms with van der Waals surface area (Å²) in [5.74, 6) is -3.69. The van der Waals surface area contributed by atoms with Crippen LogP contribution in [-0.4, -0.2) is 100.0 Å². The third-order valence-electron chi connectivity index (χ3n) is 7.20. The van der Waals surface area contributed by atoms with Crippen molar-refractivity contribution in [3.63, 3.8) is 0 Å². The molecule has 0 bridgehead atoms. The number of hydroxylamine groups is 2. The number of rotatable bonds is 11. The van der Waals surface area contributed by atoms with Crippen LogP contribution in [0.4, 0.5) is 18.3 Å². The molecule has 0 spiro atoms. The molecule has 2 atom stereocenters. The Labute approximate surface area is 279 Å². The first-order valence-corrected chi connectivity index (χ1v) is 16.6. The molecule has 1 unspecified atom stereocenters. The topological polar surface area (TPSA) is 257 Å². The highest BCUT2D eigenvalue weighted by Crippen LogP contribution is 2.33. The number of carboxylic acids is 1. The van der Waals surface area contributed by atoms with Crippen molar-refractivity contribution in [3.8, 4) is 5.75 Å². The van der Waals surface area contributed by atoms with Gasteiger partial charge in [0.1, 0.15) is 35.7 Å². The van der Waals surface area contributed by atoms with Gasteiger partial charge in [0.15, 0.2) is 17.5 Å². The normalized spacial score (nSPS) is 19.4. The predicted octanol–water partition coefficient (Wildman–Crippen LogP) is -1.25. The van der Waals surface area contributed by atoms with Crippen molar-refractivity contribution in [2.75, 3.05) is 32.0 Å². The summed E-state index contributed by atoms with van der Waals surface area (Å²) in [6.45, 7) is 5.15. The summed E-state index contributed by atoms with van der Waals surface area (Å²) in [5.41, 5.74) is 6.17. The fourth-order valence-electron chi connectivity index (χ4n) is 4.81. The number of hydrogen-bond acceptors (Lipinski definition) is 14. The first-order valence-electron chi connectivity index (χ1n) is 14.3. The van der Waals surface area contributed by atoms with Crippen LogP contribution in [0.1, 0.15) is 44.0 Å². The molecule has 5 heterocycles. The molecular formula is C26H31F3N8O10S2. The first-order chi connectivity index (χ1) is 22.9.